The summed E-state index contributed by atoms with van der Waals surface area (Å²) in [6, 6.07) is 6.55. The third-order valence-electron chi connectivity index (χ3n) is 3.71. The number of unbranched alkanes of at least 4 members (excludes halogenated alkanes) is 4. The highest BCUT2D eigenvalue weighted by Crippen LogP contribution is 2.13. The van der Waals surface area contributed by atoms with Gasteiger partial charge in [-0.1, -0.05) is 58.1 Å². The third kappa shape index (κ3) is 7.31. The standard InChI is InChI=1S/C19H28O4/c1-15(2)11-7-5-4-6-10-14-23-19(21)17-13-9-8-12-16(17)18(20)22-3/h8-9,12-13,15H,4-7,10-11,14H2,1-3H3. The summed E-state index contributed by atoms with van der Waals surface area (Å²) < 4.78 is 9.94. The number of hydrogen-bond acceptors (Lipinski definition) is 4. The lowest BCUT2D eigenvalue weighted by Gasteiger charge is -2.08. The molecule has 0 aliphatic rings. The van der Waals surface area contributed by atoms with E-state index in [1.165, 1.54) is 32.8 Å². The molecule has 0 unspecified atom stereocenters. The van der Waals surface area contributed by atoms with Gasteiger partial charge >= 0.3 is 11.9 Å². The van der Waals surface area contributed by atoms with Crippen molar-refractivity contribution in [2.45, 2.75) is 52.4 Å². The van der Waals surface area contributed by atoms with Crippen molar-refractivity contribution >= 4 is 11.9 Å². The molecule has 0 aromatic heterocycles. The van der Waals surface area contributed by atoms with E-state index in [0.29, 0.717) is 6.61 Å². The van der Waals surface area contributed by atoms with Gasteiger partial charge < -0.3 is 9.47 Å². The molecule has 0 saturated heterocycles. The van der Waals surface area contributed by atoms with Gasteiger partial charge in [-0.3, -0.25) is 0 Å². The first kappa shape index (κ1) is 19.2. The number of rotatable bonds is 10. The molecule has 0 heterocycles. The SMILES string of the molecule is COC(=O)c1ccccc1C(=O)OCCCCCCCC(C)C. The Morgan fingerprint density at radius 1 is 0.913 bits per heavy atom. The lowest BCUT2D eigenvalue weighted by molar-refractivity contribution is 0.0480. The summed E-state index contributed by atoms with van der Waals surface area (Å²) in [5.74, 6) is -0.223. The van der Waals surface area contributed by atoms with E-state index in [9.17, 15) is 9.59 Å². The van der Waals surface area contributed by atoms with Crippen LogP contribution in [0.5, 0.6) is 0 Å². The Kier molecular flexibility index (Phi) is 9.03. The summed E-state index contributed by atoms with van der Waals surface area (Å²) in [7, 11) is 1.30. The molecule has 128 valence electrons. The minimum atomic E-state index is -0.525. The maximum atomic E-state index is 12.1. The summed E-state index contributed by atoms with van der Waals surface area (Å²) in [4.78, 5) is 23.7. The van der Waals surface area contributed by atoms with Crippen LogP contribution in [0, 0.1) is 5.92 Å². The lowest BCUT2D eigenvalue weighted by Crippen LogP contribution is -2.13. The first-order valence-electron chi connectivity index (χ1n) is 8.40. The van der Waals surface area contributed by atoms with E-state index in [4.69, 9.17) is 4.74 Å². The van der Waals surface area contributed by atoms with Gasteiger partial charge in [0.2, 0.25) is 0 Å². The fourth-order valence-corrected chi connectivity index (χ4v) is 2.38. The number of methoxy groups -OCH3 is 1. The number of carbonyl (C=O) groups excluding carboxylic acids is 2. The lowest BCUT2D eigenvalue weighted by atomic mass is 10.0. The van der Waals surface area contributed by atoms with Crippen molar-refractivity contribution in [1.82, 2.24) is 0 Å². The van der Waals surface area contributed by atoms with Crippen LogP contribution in [0.4, 0.5) is 0 Å². The van der Waals surface area contributed by atoms with E-state index in [2.05, 4.69) is 18.6 Å². The normalized spacial score (nSPS) is 10.6. The second kappa shape index (κ2) is 10.8. The fraction of sp³-hybridized carbons (Fsp3) is 0.579. The van der Waals surface area contributed by atoms with Crippen LogP contribution < -0.4 is 0 Å². The van der Waals surface area contributed by atoms with Gasteiger partial charge in [-0.15, -0.1) is 0 Å². The zero-order chi connectivity index (χ0) is 17.1. The highest BCUT2D eigenvalue weighted by atomic mass is 16.5. The minimum absolute atomic E-state index is 0.244. The molecule has 0 fully saturated rings. The van der Waals surface area contributed by atoms with Crippen molar-refractivity contribution < 1.29 is 19.1 Å². The molecule has 4 heteroatoms. The minimum Gasteiger partial charge on any atom is -0.465 e. The molecule has 0 amide bonds. The average molecular weight is 320 g/mol. The number of carbonyl (C=O) groups is 2. The predicted molar refractivity (Wildman–Crippen MR) is 90.6 cm³/mol. The second-order valence-corrected chi connectivity index (χ2v) is 6.12. The number of hydrogen-bond donors (Lipinski definition) is 0. The molecule has 4 nitrogen and oxygen atoms in total. The number of ether oxygens (including phenoxy) is 2. The van der Waals surface area contributed by atoms with Crippen LogP contribution in [0.25, 0.3) is 0 Å². The Hall–Kier alpha value is -1.84. The predicted octanol–water partition coefficient (Wildman–Crippen LogP) is 4.63. The molecule has 1 aromatic rings. The highest BCUT2D eigenvalue weighted by molar-refractivity contribution is 6.03. The second-order valence-electron chi connectivity index (χ2n) is 6.12. The monoisotopic (exact) mass is 320 g/mol. The smallest absolute Gasteiger partial charge is 0.339 e. The topological polar surface area (TPSA) is 52.6 Å². The third-order valence-corrected chi connectivity index (χ3v) is 3.71. The molecule has 0 radical (unpaired) electrons. The van der Waals surface area contributed by atoms with Crippen molar-refractivity contribution in [1.29, 1.82) is 0 Å². The van der Waals surface area contributed by atoms with Gasteiger partial charge in [-0.2, -0.15) is 0 Å². The largest absolute Gasteiger partial charge is 0.465 e. The maximum absolute atomic E-state index is 12.1. The van der Waals surface area contributed by atoms with Gasteiger partial charge in [0.25, 0.3) is 0 Å². The molecule has 0 N–H and O–H groups in total. The van der Waals surface area contributed by atoms with Crippen LogP contribution in [0.1, 0.15) is 73.1 Å². The molecular weight excluding hydrogens is 292 g/mol. The van der Waals surface area contributed by atoms with Gasteiger partial charge in [0.05, 0.1) is 24.8 Å². The van der Waals surface area contributed by atoms with E-state index < -0.39 is 11.9 Å². The summed E-state index contributed by atoms with van der Waals surface area (Å²) in [6.07, 6.45) is 6.86. The Bertz CT molecular complexity index is 494. The van der Waals surface area contributed by atoms with Crippen molar-refractivity contribution in [3.63, 3.8) is 0 Å². The van der Waals surface area contributed by atoms with Crippen LogP contribution in [0.3, 0.4) is 0 Å². The first-order chi connectivity index (χ1) is 11.1. The summed E-state index contributed by atoms with van der Waals surface area (Å²) in [6.45, 7) is 4.87. The van der Waals surface area contributed by atoms with Crippen LogP contribution in [0.2, 0.25) is 0 Å². The van der Waals surface area contributed by atoms with Crippen molar-refractivity contribution in [2.75, 3.05) is 13.7 Å². The van der Waals surface area contributed by atoms with E-state index in [-0.39, 0.29) is 11.1 Å². The molecule has 1 rings (SSSR count). The van der Waals surface area contributed by atoms with E-state index >= 15 is 0 Å². The Balaban J connectivity index is 2.28. The van der Waals surface area contributed by atoms with E-state index in [1.807, 2.05) is 0 Å². The van der Waals surface area contributed by atoms with Gasteiger partial charge in [0.1, 0.15) is 0 Å². The summed E-state index contributed by atoms with van der Waals surface area (Å²) in [5.41, 5.74) is 0.505. The van der Waals surface area contributed by atoms with Crippen molar-refractivity contribution in [3.8, 4) is 0 Å². The van der Waals surface area contributed by atoms with Gasteiger partial charge in [-0.05, 0) is 24.5 Å². The zero-order valence-electron chi connectivity index (χ0n) is 14.5. The van der Waals surface area contributed by atoms with Gasteiger partial charge in [-0.25, -0.2) is 9.59 Å². The molecule has 23 heavy (non-hydrogen) atoms. The fourth-order valence-electron chi connectivity index (χ4n) is 2.38. The molecule has 1 aromatic carbocycles. The molecule has 0 aliphatic heterocycles. The van der Waals surface area contributed by atoms with Gasteiger partial charge in [0, 0.05) is 0 Å². The zero-order valence-corrected chi connectivity index (χ0v) is 14.5. The van der Waals surface area contributed by atoms with Crippen LogP contribution in [0.15, 0.2) is 24.3 Å². The maximum Gasteiger partial charge on any atom is 0.339 e. The van der Waals surface area contributed by atoms with Gasteiger partial charge in [0.15, 0.2) is 0 Å². The van der Waals surface area contributed by atoms with Crippen LogP contribution in [-0.4, -0.2) is 25.7 Å². The Labute approximate surface area is 139 Å². The molecular formula is C19H28O4. The van der Waals surface area contributed by atoms with E-state index in [1.54, 1.807) is 24.3 Å². The Morgan fingerprint density at radius 3 is 2.09 bits per heavy atom. The number of benzene rings is 1. The van der Waals surface area contributed by atoms with Crippen LogP contribution in [-0.2, 0) is 9.47 Å². The van der Waals surface area contributed by atoms with E-state index in [0.717, 1.165) is 18.8 Å². The highest BCUT2D eigenvalue weighted by Gasteiger charge is 2.17. The van der Waals surface area contributed by atoms with Crippen molar-refractivity contribution in [3.05, 3.63) is 35.4 Å². The van der Waals surface area contributed by atoms with Crippen LogP contribution >= 0.6 is 0 Å². The molecule has 0 atom stereocenters. The molecule has 0 aliphatic carbocycles. The first-order valence-corrected chi connectivity index (χ1v) is 8.40. The van der Waals surface area contributed by atoms with Crippen molar-refractivity contribution in [2.24, 2.45) is 5.92 Å². The number of esters is 2. The molecule has 0 bridgehead atoms. The molecule has 0 saturated carbocycles. The summed E-state index contributed by atoms with van der Waals surface area (Å²) in [5, 5.41) is 0. The quantitative estimate of drug-likeness (QED) is 0.466. The average Bonchev–Trinajstić information content (AvgIpc) is 2.56. The molecule has 0 spiro atoms. The Morgan fingerprint density at radius 2 is 1.48 bits per heavy atom. The summed E-state index contributed by atoms with van der Waals surface area (Å²) >= 11 is 0.